The van der Waals surface area contributed by atoms with E-state index in [1.54, 1.807) is 12.4 Å². The predicted octanol–water partition coefficient (Wildman–Crippen LogP) is 1.78. The Labute approximate surface area is 103 Å². The summed E-state index contributed by atoms with van der Waals surface area (Å²) in [7, 11) is 1.32. The highest BCUT2D eigenvalue weighted by molar-refractivity contribution is 6.36. The molecule has 0 saturated heterocycles. The number of hydrogen-bond acceptors (Lipinski definition) is 4. The molecule has 17 heavy (non-hydrogen) atoms. The number of nitrogens with two attached hydrogens (primary N) is 1. The van der Waals surface area contributed by atoms with Crippen molar-refractivity contribution < 1.29 is 9.53 Å². The number of carbonyl (C=O) groups is 1. The van der Waals surface area contributed by atoms with E-state index >= 15 is 0 Å². The van der Waals surface area contributed by atoms with Crippen molar-refractivity contribution in [2.75, 3.05) is 7.11 Å². The highest BCUT2D eigenvalue weighted by Crippen LogP contribution is 2.29. The van der Waals surface area contributed by atoms with Crippen LogP contribution in [0.15, 0.2) is 18.5 Å². The van der Waals surface area contributed by atoms with E-state index in [0.717, 1.165) is 5.39 Å². The molecule has 0 fully saturated rings. The number of H-pyrrole nitrogens is 1. The molecule has 0 amide bonds. The third-order valence-electron chi connectivity index (χ3n) is 2.56. The second kappa shape index (κ2) is 4.73. The maximum absolute atomic E-state index is 11.1. The molecule has 2 rings (SSSR count). The van der Waals surface area contributed by atoms with Crippen molar-refractivity contribution in [1.82, 2.24) is 9.97 Å². The minimum Gasteiger partial charge on any atom is -0.469 e. The van der Waals surface area contributed by atoms with Crippen LogP contribution in [0.4, 0.5) is 0 Å². The van der Waals surface area contributed by atoms with Crippen molar-refractivity contribution in [2.45, 2.75) is 12.5 Å². The number of aromatic amines is 1. The van der Waals surface area contributed by atoms with Gasteiger partial charge in [-0.05, 0) is 6.07 Å². The Kier molecular flexibility index (Phi) is 3.31. The molecule has 0 unspecified atom stereocenters. The largest absolute Gasteiger partial charge is 0.469 e. The lowest BCUT2D eigenvalue weighted by Gasteiger charge is -2.12. The molecular weight excluding hydrogens is 242 g/mol. The van der Waals surface area contributed by atoms with Crippen molar-refractivity contribution in [1.29, 1.82) is 0 Å². The van der Waals surface area contributed by atoms with Gasteiger partial charge in [0.15, 0.2) is 0 Å². The number of esters is 1. The molecule has 2 aromatic heterocycles. The van der Waals surface area contributed by atoms with Crippen molar-refractivity contribution >= 4 is 28.6 Å². The van der Waals surface area contributed by atoms with Gasteiger partial charge in [-0.25, -0.2) is 4.98 Å². The van der Waals surface area contributed by atoms with Gasteiger partial charge >= 0.3 is 5.97 Å². The maximum Gasteiger partial charge on any atom is 0.307 e. The number of pyridine rings is 1. The van der Waals surface area contributed by atoms with Crippen LogP contribution in [0.2, 0.25) is 5.02 Å². The lowest BCUT2D eigenvalue weighted by atomic mass is 10.1. The number of nitrogens with one attached hydrogen (secondary N) is 1. The average Bonchev–Trinajstić information content (AvgIpc) is 2.78. The minimum absolute atomic E-state index is 0.0772. The second-order valence-corrected chi connectivity index (χ2v) is 4.03. The Bertz CT molecular complexity index is 553. The van der Waals surface area contributed by atoms with Crippen LogP contribution in [0.25, 0.3) is 11.0 Å². The van der Waals surface area contributed by atoms with Gasteiger partial charge in [0.2, 0.25) is 0 Å². The lowest BCUT2D eigenvalue weighted by Crippen LogP contribution is -2.17. The summed E-state index contributed by atoms with van der Waals surface area (Å²) < 4.78 is 4.57. The number of aromatic nitrogens is 2. The van der Waals surface area contributed by atoms with Crippen LogP contribution >= 0.6 is 11.6 Å². The van der Waals surface area contributed by atoms with Gasteiger partial charge in [0, 0.05) is 29.4 Å². The summed E-state index contributed by atoms with van der Waals surface area (Å²) in [6.45, 7) is 0. The normalized spacial score (nSPS) is 12.6. The van der Waals surface area contributed by atoms with Crippen LogP contribution in [-0.4, -0.2) is 23.0 Å². The van der Waals surface area contributed by atoms with E-state index in [9.17, 15) is 4.79 Å². The molecule has 1 atom stereocenters. The first kappa shape index (κ1) is 11.9. The van der Waals surface area contributed by atoms with Gasteiger partial charge in [0.25, 0.3) is 0 Å². The van der Waals surface area contributed by atoms with Crippen molar-refractivity contribution in [3.05, 3.63) is 29.0 Å². The molecule has 90 valence electrons. The van der Waals surface area contributed by atoms with Gasteiger partial charge in [0.05, 0.1) is 18.6 Å². The zero-order chi connectivity index (χ0) is 12.4. The number of carbonyl (C=O) groups excluding carboxylic acids is 1. The fraction of sp³-hybridized carbons (Fsp3) is 0.273. The Morgan fingerprint density at radius 3 is 3.18 bits per heavy atom. The van der Waals surface area contributed by atoms with E-state index in [1.165, 1.54) is 7.11 Å². The van der Waals surface area contributed by atoms with Crippen molar-refractivity contribution in [2.24, 2.45) is 5.73 Å². The van der Waals surface area contributed by atoms with E-state index in [-0.39, 0.29) is 12.4 Å². The van der Waals surface area contributed by atoms with E-state index in [1.807, 2.05) is 6.07 Å². The van der Waals surface area contributed by atoms with Crippen LogP contribution in [0, 0.1) is 0 Å². The maximum atomic E-state index is 11.1. The average molecular weight is 254 g/mol. The SMILES string of the molecule is COC(=O)C[C@@H](N)c1cnc2[nH]ccc2c1Cl. The molecule has 0 aliphatic heterocycles. The third kappa shape index (κ3) is 2.25. The number of methoxy groups -OCH3 is 1. The van der Waals surface area contributed by atoms with Gasteiger partial charge < -0.3 is 15.5 Å². The molecule has 2 aromatic rings. The third-order valence-corrected chi connectivity index (χ3v) is 2.98. The summed E-state index contributed by atoms with van der Waals surface area (Å²) in [6.07, 6.45) is 3.40. The van der Waals surface area contributed by atoms with Gasteiger partial charge in [-0.3, -0.25) is 4.79 Å². The fourth-order valence-electron chi connectivity index (χ4n) is 1.62. The van der Waals surface area contributed by atoms with Crippen molar-refractivity contribution in [3.8, 4) is 0 Å². The van der Waals surface area contributed by atoms with Crippen LogP contribution in [0.1, 0.15) is 18.0 Å². The van der Waals surface area contributed by atoms with Crippen LogP contribution in [-0.2, 0) is 9.53 Å². The minimum atomic E-state index is -0.512. The number of halogens is 1. The molecule has 0 aromatic carbocycles. The summed E-state index contributed by atoms with van der Waals surface area (Å²) in [5, 5.41) is 1.32. The zero-order valence-electron chi connectivity index (χ0n) is 9.24. The smallest absolute Gasteiger partial charge is 0.307 e. The molecule has 0 spiro atoms. The monoisotopic (exact) mass is 253 g/mol. The van der Waals surface area contributed by atoms with Gasteiger partial charge in [-0.2, -0.15) is 0 Å². The molecule has 5 nitrogen and oxygen atoms in total. The fourth-order valence-corrected chi connectivity index (χ4v) is 1.96. The summed E-state index contributed by atoms with van der Waals surface area (Å²) in [4.78, 5) is 18.3. The Hall–Kier alpha value is -1.59. The highest BCUT2D eigenvalue weighted by atomic mass is 35.5. The number of fused-ring (bicyclic) bond motifs is 1. The molecule has 0 aliphatic carbocycles. The summed E-state index contributed by atoms with van der Waals surface area (Å²) in [6, 6.07) is 1.31. The van der Waals surface area contributed by atoms with E-state index in [0.29, 0.717) is 16.2 Å². The Morgan fingerprint density at radius 1 is 1.71 bits per heavy atom. The number of hydrogen-bond donors (Lipinski definition) is 2. The van der Waals surface area contributed by atoms with E-state index in [2.05, 4.69) is 14.7 Å². The van der Waals surface area contributed by atoms with Crippen LogP contribution in [0.3, 0.4) is 0 Å². The van der Waals surface area contributed by atoms with Gasteiger partial charge in [-0.15, -0.1) is 0 Å². The molecular formula is C11H12ClN3O2. The number of ether oxygens (including phenoxy) is 1. The first-order chi connectivity index (χ1) is 8.13. The summed E-state index contributed by atoms with van der Waals surface area (Å²) >= 11 is 6.21. The molecule has 2 heterocycles. The zero-order valence-corrected chi connectivity index (χ0v) is 9.99. The van der Waals surface area contributed by atoms with Crippen LogP contribution < -0.4 is 5.73 Å². The molecule has 0 aliphatic rings. The van der Waals surface area contributed by atoms with Crippen molar-refractivity contribution in [3.63, 3.8) is 0 Å². The van der Waals surface area contributed by atoms with Gasteiger partial charge in [0.1, 0.15) is 5.65 Å². The first-order valence-electron chi connectivity index (χ1n) is 5.07. The Balaban J connectivity index is 2.34. The topological polar surface area (TPSA) is 81.0 Å². The lowest BCUT2D eigenvalue weighted by molar-refractivity contribution is -0.141. The molecule has 3 N–H and O–H groups in total. The molecule has 0 bridgehead atoms. The quantitative estimate of drug-likeness (QED) is 0.817. The summed E-state index contributed by atoms with van der Waals surface area (Å²) in [5.41, 5.74) is 7.24. The van der Waals surface area contributed by atoms with E-state index in [4.69, 9.17) is 17.3 Å². The predicted molar refractivity (Wildman–Crippen MR) is 64.7 cm³/mol. The number of nitrogens with zero attached hydrogens (tertiary/aromatic N) is 1. The molecule has 0 saturated carbocycles. The highest BCUT2D eigenvalue weighted by Gasteiger charge is 2.17. The Morgan fingerprint density at radius 2 is 2.47 bits per heavy atom. The first-order valence-corrected chi connectivity index (χ1v) is 5.45. The van der Waals surface area contributed by atoms with Gasteiger partial charge in [-0.1, -0.05) is 11.6 Å². The van der Waals surface area contributed by atoms with E-state index < -0.39 is 6.04 Å². The standard InChI is InChI=1S/C11H12ClN3O2/c1-17-9(16)4-8(13)7-5-15-11-6(10(7)12)2-3-14-11/h2-3,5,8H,4,13H2,1H3,(H,14,15)/t8-/m1/s1. The second-order valence-electron chi connectivity index (χ2n) is 3.65. The molecule has 0 radical (unpaired) electrons. The van der Waals surface area contributed by atoms with Crippen LogP contribution in [0.5, 0.6) is 0 Å². The number of rotatable bonds is 3. The summed E-state index contributed by atoms with van der Waals surface area (Å²) in [5.74, 6) is -0.372. The molecule has 6 heteroatoms.